The van der Waals surface area contributed by atoms with E-state index in [2.05, 4.69) is 20.6 Å². The lowest BCUT2D eigenvalue weighted by Crippen LogP contribution is -2.30. The molecule has 182 valence electrons. The molecule has 2 fully saturated rings. The van der Waals surface area contributed by atoms with Gasteiger partial charge in [0.05, 0.1) is 37.5 Å². The predicted molar refractivity (Wildman–Crippen MR) is 126 cm³/mol. The minimum absolute atomic E-state index is 0.0315. The summed E-state index contributed by atoms with van der Waals surface area (Å²) in [4.78, 5) is 21.1. The predicted octanol–water partition coefficient (Wildman–Crippen LogP) is 3.09. The summed E-state index contributed by atoms with van der Waals surface area (Å²) >= 11 is 0. The largest absolute Gasteiger partial charge is 0.474 e. The molecule has 35 heavy (non-hydrogen) atoms. The van der Waals surface area contributed by atoms with E-state index in [0.717, 1.165) is 11.3 Å². The van der Waals surface area contributed by atoms with Crippen molar-refractivity contribution in [2.75, 3.05) is 49.3 Å². The molecule has 1 aromatic carbocycles. The molecule has 0 bridgehead atoms. The van der Waals surface area contributed by atoms with Crippen LogP contribution in [-0.4, -0.2) is 61.2 Å². The number of anilines is 3. The van der Waals surface area contributed by atoms with E-state index >= 15 is 4.39 Å². The van der Waals surface area contributed by atoms with E-state index in [1.807, 2.05) is 6.92 Å². The highest BCUT2D eigenvalue weighted by Crippen LogP contribution is 2.39. The molecular formula is C24H24FN5O5. The second kappa shape index (κ2) is 8.51. The molecule has 0 saturated carbocycles. The number of hydrogen-bond donors (Lipinski definition) is 3. The fraction of sp³-hybridized carbons (Fsp3) is 0.375. The number of ether oxygens (including phenoxy) is 4. The van der Waals surface area contributed by atoms with E-state index in [0.29, 0.717) is 60.8 Å². The van der Waals surface area contributed by atoms with Crippen molar-refractivity contribution in [1.82, 2.24) is 9.97 Å². The van der Waals surface area contributed by atoms with Gasteiger partial charge in [0.25, 0.3) is 0 Å². The number of aromatic nitrogens is 2. The standard InChI is InChI=1S/C24H24FN5O5/c1-11-14(6-29-23-22(11)27-2-3-33-23)13-4-12-5-19(28-7-15(12)21(26)20(13)25)30-24(31)35-18-10-34-17-9-32-8-16(17)18/h4-7,16-18,27H,2-3,8-10,26H2,1H3,(H,28,30,31)/t16-,17+,18+/m0/s1. The molecule has 6 rings (SSSR count). The minimum Gasteiger partial charge on any atom is -0.474 e. The first kappa shape index (κ1) is 21.8. The Balaban J connectivity index is 1.29. The van der Waals surface area contributed by atoms with Gasteiger partial charge < -0.3 is 30.0 Å². The maximum absolute atomic E-state index is 15.3. The van der Waals surface area contributed by atoms with Crippen LogP contribution in [0.2, 0.25) is 0 Å². The molecule has 3 atom stereocenters. The van der Waals surface area contributed by atoms with Crippen molar-refractivity contribution in [2.24, 2.45) is 5.92 Å². The van der Waals surface area contributed by atoms with Crippen LogP contribution in [0.5, 0.6) is 5.88 Å². The lowest BCUT2D eigenvalue weighted by atomic mass is 9.97. The topological polar surface area (TPSA) is 130 Å². The maximum Gasteiger partial charge on any atom is 0.413 e. The number of carbonyl (C=O) groups is 1. The van der Waals surface area contributed by atoms with Crippen LogP contribution in [0.3, 0.4) is 0 Å². The first-order chi connectivity index (χ1) is 17.0. The number of benzene rings is 1. The van der Waals surface area contributed by atoms with Gasteiger partial charge >= 0.3 is 6.09 Å². The van der Waals surface area contributed by atoms with Gasteiger partial charge in [0.1, 0.15) is 24.2 Å². The van der Waals surface area contributed by atoms with Gasteiger partial charge in [0.2, 0.25) is 5.88 Å². The van der Waals surface area contributed by atoms with Crippen LogP contribution >= 0.6 is 0 Å². The van der Waals surface area contributed by atoms with Gasteiger partial charge in [-0.25, -0.2) is 19.2 Å². The highest BCUT2D eigenvalue weighted by molar-refractivity contribution is 5.99. The number of carbonyl (C=O) groups excluding carboxylic acids is 1. The van der Waals surface area contributed by atoms with Crippen LogP contribution in [0.1, 0.15) is 5.56 Å². The van der Waals surface area contributed by atoms with Gasteiger partial charge in [0, 0.05) is 35.5 Å². The zero-order valence-electron chi connectivity index (χ0n) is 19.0. The van der Waals surface area contributed by atoms with E-state index in [1.165, 1.54) is 6.20 Å². The van der Waals surface area contributed by atoms with Gasteiger partial charge in [-0.15, -0.1) is 0 Å². The Morgan fingerprint density at radius 3 is 3.00 bits per heavy atom. The second-order valence-corrected chi connectivity index (χ2v) is 8.84. The summed E-state index contributed by atoms with van der Waals surface area (Å²) in [6.45, 7) is 4.39. The summed E-state index contributed by atoms with van der Waals surface area (Å²) in [6, 6.07) is 3.30. The van der Waals surface area contributed by atoms with Crippen LogP contribution in [-0.2, 0) is 14.2 Å². The quantitative estimate of drug-likeness (QED) is 0.483. The number of pyridine rings is 2. The van der Waals surface area contributed by atoms with E-state index in [9.17, 15) is 4.79 Å². The van der Waals surface area contributed by atoms with E-state index in [4.69, 9.17) is 24.7 Å². The van der Waals surface area contributed by atoms with E-state index in [1.54, 1.807) is 18.3 Å². The number of fused-ring (bicyclic) bond motifs is 3. The van der Waals surface area contributed by atoms with Crippen molar-refractivity contribution in [3.05, 3.63) is 35.9 Å². The average Bonchev–Trinajstić information content (AvgIpc) is 3.47. The highest BCUT2D eigenvalue weighted by Gasteiger charge is 2.43. The molecule has 3 aliphatic rings. The smallest absolute Gasteiger partial charge is 0.413 e. The fourth-order valence-electron chi connectivity index (χ4n) is 4.86. The molecule has 2 aromatic heterocycles. The molecule has 3 aliphatic heterocycles. The monoisotopic (exact) mass is 481 g/mol. The van der Waals surface area contributed by atoms with Crippen LogP contribution < -0.4 is 21.1 Å². The number of hydrogen-bond acceptors (Lipinski definition) is 9. The summed E-state index contributed by atoms with van der Waals surface area (Å²) in [7, 11) is 0. The molecule has 1 amide bonds. The third-order valence-corrected chi connectivity index (χ3v) is 6.75. The van der Waals surface area contributed by atoms with Crippen molar-refractivity contribution in [3.8, 4) is 17.0 Å². The number of nitrogen functional groups attached to an aromatic ring is 1. The Hall–Kier alpha value is -3.70. The summed E-state index contributed by atoms with van der Waals surface area (Å²) in [5.41, 5.74) is 8.53. The van der Waals surface area contributed by atoms with E-state index < -0.39 is 11.9 Å². The Morgan fingerprint density at radius 2 is 2.11 bits per heavy atom. The van der Waals surface area contributed by atoms with Gasteiger partial charge in [0.15, 0.2) is 5.82 Å². The second-order valence-electron chi connectivity index (χ2n) is 8.84. The van der Waals surface area contributed by atoms with Crippen molar-refractivity contribution >= 4 is 34.1 Å². The van der Waals surface area contributed by atoms with Gasteiger partial charge in [-0.3, -0.25) is 5.32 Å². The summed E-state index contributed by atoms with van der Waals surface area (Å²) in [6.07, 6.45) is 1.95. The molecule has 3 aromatic rings. The SMILES string of the molecule is Cc1c(-c2cc3cc(NC(=O)O[C@@H]4CO[C@@H]5COC[C@@H]54)ncc3c(N)c2F)cnc2c1NCCO2. The molecule has 2 saturated heterocycles. The highest BCUT2D eigenvalue weighted by atomic mass is 19.1. The van der Waals surface area contributed by atoms with Crippen molar-refractivity contribution in [2.45, 2.75) is 19.1 Å². The fourth-order valence-corrected chi connectivity index (χ4v) is 4.86. The number of nitrogens with zero attached hydrogens (tertiary/aromatic N) is 2. The minimum atomic E-state index is -0.644. The summed E-state index contributed by atoms with van der Waals surface area (Å²) in [5.74, 6) is 0.219. The summed E-state index contributed by atoms with van der Waals surface area (Å²) in [5, 5.41) is 6.95. The van der Waals surface area contributed by atoms with Crippen molar-refractivity contribution in [1.29, 1.82) is 0 Å². The number of nitrogens with one attached hydrogen (secondary N) is 2. The van der Waals surface area contributed by atoms with Gasteiger partial charge in [-0.2, -0.15) is 0 Å². The van der Waals surface area contributed by atoms with Crippen LogP contribution in [0.25, 0.3) is 21.9 Å². The Kier molecular flexibility index (Phi) is 5.30. The average molecular weight is 481 g/mol. The molecule has 0 unspecified atom stereocenters. The molecule has 11 heteroatoms. The Bertz CT molecular complexity index is 1340. The molecular weight excluding hydrogens is 457 g/mol. The Morgan fingerprint density at radius 1 is 1.23 bits per heavy atom. The zero-order valence-corrected chi connectivity index (χ0v) is 19.0. The van der Waals surface area contributed by atoms with Crippen LogP contribution in [0, 0.1) is 18.7 Å². The molecule has 5 heterocycles. The molecule has 4 N–H and O–H groups in total. The lowest BCUT2D eigenvalue weighted by Gasteiger charge is -2.22. The van der Waals surface area contributed by atoms with Crippen molar-refractivity contribution < 1.29 is 28.1 Å². The van der Waals surface area contributed by atoms with Gasteiger partial charge in [-0.05, 0) is 30.0 Å². The number of amides is 1. The molecule has 0 spiro atoms. The third kappa shape index (κ3) is 3.76. The normalized spacial score (nSPS) is 22.7. The first-order valence-corrected chi connectivity index (χ1v) is 11.4. The zero-order chi connectivity index (χ0) is 24.1. The lowest BCUT2D eigenvalue weighted by molar-refractivity contribution is 0.0357. The van der Waals surface area contributed by atoms with E-state index in [-0.39, 0.29) is 29.6 Å². The van der Waals surface area contributed by atoms with Crippen molar-refractivity contribution in [3.63, 3.8) is 0 Å². The molecule has 10 nitrogen and oxygen atoms in total. The van der Waals surface area contributed by atoms with Crippen LogP contribution in [0.15, 0.2) is 24.5 Å². The van der Waals surface area contributed by atoms with Gasteiger partial charge in [-0.1, -0.05) is 0 Å². The number of nitrogens with two attached hydrogens (primary N) is 1. The first-order valence-electron chi connectivity index (χ1n) is 11.4. The molecule has 0 radical (unpaired) electrons. The molecule has 0 aliphatic carbocycles. The third-order valence-electron chi connectivity index (χ3n) is 6.75. The Labute approximate surface area is 199 Å². The number of halogens is 1. The van der Waals surface area contributed by atoms with Crippen LogP contribution in [0.4, 0.5) is 26.4 Å². The number of rotatable bonds is 3. The maximum atomic E-state index is 15.3. The summed E-state index contributed by atoms with van der Waals surface area (Å²) < 4.78 is 37.4.